The molecule has 5 aromatic rings. The van der Waals surface area contributed by atoms with Gasteiger partial charge in [-0.25, -0.2) is 0 Å². The number of carbonyl (C=O) groups is 1. The van der Waals surface area contributed by atoms with Gasteiger partial charge in [-0.3, -0.25) is 9.78 Å². The molecular weight excluding hydrogens is 476 g/mol. The van der Waals surface area contributed by atoms with Crippen molar-refractivity contribution in [2.75, 3.05) is 7.11 Å². The van der Waals surface area contributed by atoms with E-state index in [9.17, 15) is 4.79 Å². The van der Waals surface area contributed by atoms with E-state index in [1.165, 1.54) is 7.11 Å². The number of benzene rings is 3. The lowest BCUT2D eigenvalue weighted by atomic mass is 9.99. The van der Waals surface area contributed by atoms with Crippen molar-refractivity contribution in [1.82, 2.24) is 4.98 Å². The number of ether oxygens (including phenoxy) is 2. The molecule has 0 amide bonds. The third-order valence-electron chi connectivity index (χ3n) is 6.12. The molecule has 0 aliphatic rings. The summed E-state index contributed by atoms with van der Waals surface area (Å²) in [5.74, 6) is 0.312. The Morgan fingerprint density at radius 2 is 1.71 bits per heavy atom. The molecule has 38 heavy (non-hydrogen) atoms. The lowest BCUT2D eigenvalue weighted by molar-refractivity contribution is -0.139. The summed E-state index contributed by atoms with van der Waals surface area (Å²) in [6, 6.07) is 23.9. The van der Waals surface area contributed by atoms with Crippen molar-refractivity contribution in [2.24, 2.45) is 5.73 Å². The zero-order valence-corrected chi connectivity index (χ0v) is 21.9. The topological polar surface area (TPSA) is 87.6 Å². The molecule has 0 aliphatic carbocycles. The smallest absolute Gasteiger partial charge is 0.310 e. The fourth-order valence-electron chi connectivity index (χ4n) is 4.26. The van der Waals surface area contributed by atoms with E-state index in [1.54, 1.807) is 18.7 Å². The summed E-state index contributed by atoms with van der Waals surface area (Å²) in [6.45, 7) is 4.79. The molecule has 2 N–H and O–H groups in total. The van der Waals surface area contributed by atoms with E-state index < -0.39 is 0 Å². The van der Waals surface area contributed by atoms with Gasteiger partial charge in [-0.2, -0.15) is 0 Å². The highest BCUT2D eigenvalue weighted by Gasteiger charge is 2.14. The fraction of sp³-hybridized carbons (Fsp3) is 0.188. The molecule has 0 radical (unpaired) electrons. The largest absolute Gasteiger partial charge is 0.489 e. The van der Waals surface area contributed by atoms with Crippen molar-refractivity contribution in [3.8, 4) is 28.0 Å². The number of nitrogens with two attached hydrogens (primary N) is 1. The molecule has 0 fully saturated rings. The van der Waals surface area contributed by atoms with E-state index in [1.807, 2.05) is 68.4 Å². The maximum Gasteiger partial charge on any atom is 0.310 e. The molecule has 6 heteroatoms. The third kappa shape index (κ3) is 6.10. The van der Waals surface area contributed by atoms with Crippen LogP contribution in [-0.4, -0.2) is 18.1 Å². The summed E-state index contributed by atoms with van der Waals surface area (Å²) in [5.41, 5.74) is 13.5. The number of rotatable bonds is 8. The number of hydrogen-bond donors (Lipinski definition) is 1. The Labute approximate surface area is 223 Å². The Morgan fingerprint density at radius 3 is 2.47 bits per heavy atom. The van der Waals surface area contributed by atoms with Crippen LogP contribution in [0.25, 0.3) is 33.2 Å². The minimum atomic E-state index is -0.321. The molecule has 0 saturated carbocycles. The summed E-state index contributed by atoms with van der Waals surface area (Å²) in [4.78, 5) is 16.1. The molecular formula is C32H32N2O4. The van der Waals surface area contributed by atoms with Crippen LogP contribution in [0, 0.1) is 0 Å². The Hall–Kier alpha value is -4.42. The quantitative estimate of drug-likeness (QED) is 0.228. The van der Waals surface area contributed by atoms with Crippen LogP contribution in [0.3, 0.4) is 0 Å². The number of aromatic nitrogens is 1. The highest BCUT2D eigenvalue weighted by molar-refractivity contribution is 5.93. The maximum absolute atomic E-state index is 12.0. The second-order valence-electron chi connectivity index (χ2n) is 8.49. The van der Waals surface area contributed by atoms with Crippen LogP contribution in [0.15, 0.2) is 95.9 Å². The first-order valence-corrected chi connectivity index (χ1v) is 12.7. The van der Waals surface area contributed by atoms with Gasteiger partial charge in [0.15, 0.2) is 0 Å². The molecule has 0 spiro atoms. The molecule has 6 nitrogen and oxygen atoms in total. The van der Waals surface area contributed by atoms with Crippen LogP contribution in [0.5, 0.6) is 5.75 Å². The van der Waals surface area contributed by atoms with Gasteiger partial charge in [0.25, 0.3) is 0 Å². The number of furan rings is 1. The molecule has 0 saturated heterocycles. The summed E-state index contributed by atoms with van der Waals surface area (Å²) in [7, 11) is 1.38. The molecule has 194 valence electrons. The van der Waals surface area contributed by atoms with Crippen molar-refractivity contribution in [2.45, 2.75) is 33.4 Å². The second kappa shape index (κ2) is 12.7. The first-order chi connectivity index (χ1) is 18.6. The van der Waals surface area contributed by atoms with Crippen molar-refractivity contribution < 1.29 is 18.7 Å². The standard InChI is InChI=1S/C30H26N2O4.C2H6/c1-34-29(33)17-25-6-5-23(22-7-10-32-11-8-22)16-28(25)36-19-21-14-26-9-12-35-30(26)27(15-21)24-4-2-3-20(13-24)18-31;1-2/h2-16H,17-19,31H2,1H3;1-2H3. The Morgan fingerprint density at radius 1 is 0.895 bits per heavy atom. The SMILES string of the molecule is CC.COC(=O)Cc1ccc(-c2ccncc2)cc1OCc1cc(-c2cccc(CN)c2)c2occc2c1. The predicted molar refractivity (Wildman–Crippen MR) is 151 cm³/mol. The van der Waals surface area contributed by atoms with E-state index in [0.29, 0.717) is 18.9 Å². The monoisotopic (exact) mass is 508 g/mol. The van der Waals surface area contributed by atoms with E-state index in [2.05, 4.69) is 23.2 Å². The van der Waals surface area contributed by atoms with Gasteiger partial charge in [0.05, 0.1) is 19.8 Å². The molecule has 0 atom stereocenters. The predicted octanol–water partition coefficient (Wildman–Crippen LogP) is 6.94. The van der Waals surface area contributed by atoms with E-state index in [0.717, 1.165) is 49.9 Å². The lowest BCUT2D eigenvalue weighted by Crippen LogP contribution is -2.07. The van der Waals surface area contributed by atoms with Crippen molar-refractivity contribution >= 4 is 16.9 Å². The molecule has 5 rings (SSSR count). The number of pyridine rings is 1. The molecule has 0 bridgehead atoms. The number of methoxy groups -OCH3 is 1. The molecule has 2 heterocycles. The Bertz CT molecular complexity index is 1510. The van der Waals surface area contributed by atoms with Gasteiger partial charge in [-0.1, -0.05) is 44.2 Å². The van der Waals surface area contributed by atoms with Gasteiger partial charge in [-0.05, 0) is 70.3 Å². The highest BCUT2D eigenvalue weighted by atomic mass is 16.5. The number of carbonyl (C=O) groups excluding carboxylic acids is 1. The second-order valence-corrected chi connectivity index (χ2v) is 8.49. The third-order valence-corrected chi connectivity index (χ3v) is 6.12. The van der Waals surface area contributed by atoms with Crippen LogP contribution in [0.1, 0.15) is 30.5 Å². The van der Waals surface area contributed by atoms with Crippen LogP contribution in [0.2, 0.25) is 0 Å². The minimum Gasteiger partial charge on any atom is -0.489 e. The lowest BCUT2D eigenvalue weighted by Gasteiger charge is -2.14. The Balaban J connectivity index is 0.00000164. The summed E-state index contributed by atoms with van der Waals surface area (Å²) in [6.07, 6.45) is 5.32. The molecule has 3 aromatic carbocycles. The first-order valence-electron chi connectivity index (χ1n) is 12.7. The zero-order chi connectivity index (χ0) is 26.9. The van der Waals surface area contributed by atoms with Gasteiger partial charge < -0.3 is 19.6 Å². The van der Waals surface area contributed by atoms with Crippen molar-refractivity contribution in [3.05, 3.63) is 108 Å². The van der Waals surface area contributed by atoms with Crippen molar-refractivity contribution in [3.63, 3.8) is 0 Å². The van der Waals surface area contributed by atoms with Gasteiger partial charge in [0.1, 0.15) is 17.9 Å². The molecule has 2 aromatic heterocycles. The summed E-state index contributed by atoms with van der Waals surface area (Å²) >= 11 is 0. The van der Waals surface area contributed by atoms with Crippen LogP contribution in [0.4, 0.5) is 0 Å². The fourth-order valence-corrected chi connectivity index (χ4v) is 4.26. The average molecular weight is 509 g/mol. The number of esters is 1. The maximum atomic E-state index is 12.0. The molecule has 0 unspecified atom stereocenters. The highest BCUT2D eigenvalue weighted by Crippen LogP contribution is 2.33. The summed E-state index contributed by atoms with van der Waals surface area (Å²) in [5, 5.41) is 0.990. The van der Waals surface area contributed by atoms with E-state index in [-0.39, 0.29) is 12.4 Å². The van der Waals surface area contributed by atoms with Gasteiger partial charge in [0.2, 0.25) is 0 Å². The Kier molecular flexibility index (Phi) is 8.90. The number of hydrogen-bond acceptors (Lipinski definition) is 6. The van der Waals surface area contributed by atoms with Crippen LogP contribution < -0.4 is 10.5 Å². The first kappa shape index (κ1) is 26.6. The molecule has 0 aliphatic heterocycles. The van der Waals surface area contributed by atoms with E-state index in [4.69, 9.17) is 19.6 Å². The van der Waals surface area contributed by atoms with Crippen LogP contribution >= 0.6 is 0 Å². The number of nitrogens with zero attached hydrogens (tertiary/aromatic N) is 1. The minimum absolute atomic E-state index is 0.125. The van der Waals surface area contributed by atoms with Gasteiger partial charge in [0, 0.05) is 35.5 Å². The summed E-state index contributed by atoms with van der Waals surface area (Å²) < 4.78 is 17.0. The van der Waals surface area contributed by atoms with Gasteiger partial charge in [-0.15, -0.1) is 0 Å². The average Bonchev–Trinajstić information content (AvgIpc) is 3.46. The van der Waals surface area contributed by atoms with Crippen LogP contribution in [-0.2, 0) is 29.1 Å². The van der Waals surface area contributed by atoms with Gasteiger partial charge >= 0.3 is 5.97 Å². The normalized spacial score (nSPS) is 10.5. The van der Waals surface area contributed by atoms with Crippen molar-refractivity contribution in [1.29, 1.82) is 0 Å². The zero-order valence-electron chi connectivity index (χ0n) is 21.9. The van der Waals surface area contributed by atoms with E-state index >= 15 is 0 Å². The number of fused-ring (bicyclic) bond motifs is 1.